The van der Waals surface area contributed by atoms with E-state index < -0.39 is 23.0 Å². The number of nitrogens with one attached hydrogen (secondary N) is 2. The topological polar surface area (TPSA) is 95.5 Å². The van der Waals surface area contributed by atoms with Gasteiger partial charge in [0.05, 0.1) is 0 Å². The van der Waals surface area contributed by atoms with Crippen LogP contribution in [0.25, 0.3) is 0 Å². The summed E-state index contributed by atoms with van der Waals surface area (Å²) in [6.07, 6.45) is 1.15. The number of carbonyl (C=O) groups is 3. The first-order valence-electron chi connectivity index (χ1n) is 5.65. The fourth-order valence-electron chi connectivity index (χ4n) is 3.11. The number of hydrogen-bond donors (Lipinski definition) is 3. The Morgan fingerprint density at radius 3 is 2.59 bits per heavy atom. The second-order valence-corrected chi connectivity index (χ2v) is 5.37. The van der Waals surface area contributed by atoms with Crippen LogP contribution in [0.3, 0.4) is 0 Å². The standard InChI is InChI=1S/C11H16N2O4/c1-10(2)6(5-7(14)15)3-4-11(10)8(16)12-9(17)13-11/h6H,3-5H2,1-2H3,(H,14,15)(H2,12,13,16,17)/t6-,11+/m1/s1. The lowest BCUT2D eigenvalue weighted by molar-refractivity contribution is -0.140. The number of carbonyl (C=O) groups excluding carboxylic acids is 2. The molecule has 1 spiro atoms. The highest BCUT2D eigenvalue weighted by Crippen LogP contribution is 2.52. The highest BCUT2D eigenvalue weighted by Gasteiger charge is 2.62. The minimum absolute atomic E-state index is 0.0257. The SMILES string of the molecule is CC1(C)[C@@H](CC(=O)O)CC[C@@]12NC(=O)NC2=O. The van der Waals surface area contributed by atoms with Gasteiger partial charge in [0.2, 0.25) is 0 Å². The summed E-state index contributed by atoms with van der Waals surface area (Å²) >= 11 is 0. The third-order valence-corrected chi connectivity index (χ3v) is 4.35. The van der Waals surface area contributed by atoms with E-state index in [0.717, 1.165) is 0 Å². The summed E-state index contributed by atoms with van der Waals surface area (Å²) in [5, 5.41) is 13.8. The molecule has 0 radical (unpaired) electrons. The second kappa shape index (κ2) is 3.45. The van der Waals surface area contributed by atoms with Gasteiger partial charge < -0.3 is 10.4 Å². The van der Waals surface area contributed by atoms with Gasteiger partial charge in [-0.3, -0.25) is 14.9 Å². The molecule has 0 unspecified atom stereocenters. The average molecular weight is 240 g/mol. The highest BCUT2D eigenvalue weighted by molar-refractivity contribution is 6.07. The Bertz CT molecular complexity index is 404. The van der Waals surface area contributed by atoms with Crippen LogP contribution in [-0.4, -0.2) is 28.6 Å². The molecule has 0 bridgehead atoms. The van der Waals surface area contributed by atoms with Gasteiger partial charge in [0.1, 0.15) is 5.54 Å². The molecule has 3 amide bonds. The van der Waals surface area contributed by atoms with Crippen molar-refractivity contribution >= 4 is 17.9 Å². The van der Waals surface area contributed by atoms with Crippen molar-refractivity contribution in [2.75, 3.05) is 0 Å². The molecule has 17 heavy (non-hydrogen) atoms. The number of carboxylic acid groups (broad SMARTS) is 1. The van der Waals surface area contributed by atoms with E-state index in [9.17, 15) is 14.4 Å². The lowest BCUT2D eigenvalue weighted by Gasteiger charge is -2.38. The molecule has 1 aliphatic carbocycles. The number of imide groups is 1. The Balaban J connectivity index is 2.30. The summed E-state index contributed by atoms with van der Waals surface area (Å²) in [6.45, 7) is 3.69. The van der Waals surface area contributed by atoms with E-state index in [2.05, 4.69) is 10.6 Å². The maximum Gasteiger partial charge on any atom is 0.322 e. The molecule has 0 aromatic rings. The van der Waals surface area contributed by atoms with Crippen LogP contribution < -0.4 is 10.6 Å². The molecule has 1 saturated carbocycles. The number of rotatable bonds is 2. The number of urea groups is 1. The van der Waals surface area contributed by atoms with E-state index in [1.165, 1.54) is 0 Å². The molecule has 1 saturated heterocycles. The van der Waals surface area contributed by atoms with Crippen molar-refractivity contribution in [3.63, 3.8) is 0 Å². The first kappa shape index (κ1) is 11.9. The van der Waals surface area contributed by atoms with Crippen LogP contribution >= 0.6 is 0 Å². The summed E-state index contributed by atoms with van der Waals surface area (Å²) in [5.41, 5.74) is -1.49. The normalized spacial score (nSPS) is 34.8. The van der Waals surface area contributed by atoms with Crippen molar-refractivity contribution in [3.8, 4) is 0 Å². The molecule has 2 aliphatic rings. The summed E-state index contributed by atoms with van der Waals surface area (Å²) in [5.74, 6) is -1.31. The maximum atomic E-state index is 11.9. The summed E-state index contributed by atoms with van der Waals surface area (Å²) in [7, 11) is 0. The first-order valence-corrected chi connectivity index (χ1v) is 5.65. The highest BCUT2D eigenvalue weighted by atomic mass is 16.4. The average Bonchev–Trinajstić information content (AvgIpc) is 2.59. The fourth-order valence-corrected chi connectivity index (χ4v) is 3.11. The fraction of sp³-hybridized carbons (Fsp3) is 0.727. The molecule has 2 rings (SSSR count). The molecule has 2 fully saturated rings. The minimum Gasteiger partial charge on any atom is -0.481 e. The first-order chi connectivity index (χ1) is 7.79. The quantitative estimate of drug-likeness (QED) is 0.611. The van der Waals surface area contributed by atoms with Crippen molar-refractivity contribution in [1.82, 2.24) is 10.6 Å². The van der Waals surface area contributed by atoms with Crippen molar-refractivity contribution < 1.29 is 19.5 Å². The van der Waals surface area contributed by atoms with Gasteiger partial charge in [-0.05, 0) is 18.8 Å². The van der Waals surface area contributed by atoms with Crippen LogP contribution in [0.4, 0.5) is 4.79 Å². The summed E-state index contributed by atoms with van der Waals surface area (Å²) in [6, 6.07) is -0.487. The van der Waals surface area contributed by atoms with Crippen LogP contribution in [0.2, 0.25) is 0 Å². The van der Waals surface area contributed by atoms with Crippen LogP contribution in [-0.2, 0) is 9.59 Å². The maximum absolute atomic E-state index is 11.9. The molecule has 94 valence electrons. The lowest BCUT2D eigenvalue weighted by Crippen LogP contribution is -2.56. The van der Waals surface area contributed by atoms with Gasteiger partial charge in [0.15, 0.2) is 0 Å². The van der Waals surface area contributed by atoms with E-state index in [-0.39, 0.29) is 18.2 Å². The Kier molecular flexibility index (Phi) is 2.41. The van der Waals surface area contributed by atoms with E-state index in [0.29, 0.717) is 12.8 Å². The van der Waals surface area contributed by atoms with Gasteiger partial charge in [-0.25, -0.2) is 4.79 Å². The number of hydrogen-bond acceptors (Lipinski definition) is 3. The van der Waals surface area contributed by atoms with E-state index in [4.69, 9.17) is 5.11 Å². The molecule has 1 heterocycles. The summed E-state index contributed by atoms with van der Waals surface area (Å²) in [4.78, 5) is 34.0. The predicted octanol–water partition coefficient (Wildman–Crippen LogP) is 0.476. The van der Waals surface area contributed by atoms with Gasteiger partial charge in [0, 0.05) is 11.8 Å². The molecular weight excluding hydrogens is 224 g/mol. The molecule has 2 atom stereocenters. The van der Waals surface area contributed by atoms with Crippen LogP contribution in [0.15, 0.2) is 0 Å². The zero-order valence-electron chi connectivity index (χ0n) is 9.87. The van der Waals surface area contributed by atoms with Crippen LogP contribution in [0, 0.1) is 11.3 Å². The predicted molar refractivity (Wildman–Crippen MR) is 58.2 cm³/mol. The van der Waals surface area contributed by atoms with E-state index in [1.807, 2.05) is 13.8 Å². The molecule has 6 nitrogen and oxygen atoms in total. The third-order valence-electron chi connectivity index (χ3n) is 4.35. The van der Waals surface area contributed by atoms with Crippen molar-refractivity contribution in [2.45, 2.75) is 38.6 Å². The monoisotopic (exact) mass is 240 g/mol. The van der Waals surface area contributed by atoms with Crippen LogP contribution in [0.1, 0.15) is 33.1 Å². The molecule has 6 heteroatoms. The lowest BCUT2D eigenvalue weighted by atomic mass is 9.69. The zero-order chi connectivity index (χ0) is 12.8. The Morgan fingerprint density at radius 1 is 1.47 bits per heavy atom. The van der Waals surface area contributed by atoms with Crippen molar-refractivity contribution in [1.29, 1.82) is 0 Å². The zero-order valence-corrected chi connectivity index (χ0v) is 9.87. The second-order valence-electron chi connectivity index (χ2n) is 5.37. The van der Waals surface area contributed by atoms with Crippen molar-refractivity contribution in [2.24, 2.45) is 11.3 Å². The van der Waals surface area contributed by atoms with Crippen LogP contribution in [0.5, 0.6) is 0 Å². The molecule has 0 aromatic heterocycles. The number of amides is 3. The van der Waals surface area contributed by atoms with Crippen molar-refractivity contribution in [3.05, 3.63) is 0 Å². The van der Waals surface area contributed by atoms with Gasteiger partial charge in [-0.15, -0.1) is 0 Å². The Morgan fingerprint density at radius 2 is 2.12 bits per heavy atom. The van der Waals surface area contributed by atoms with Gasteiger partial charge in [-0.1, -0.05) is 13.8 Å². The van der Waals surface area contributed by atoms with E-state index >= 15 is 0 Å². The van der Waals surface area contributed by atoms with Gasteiger partial charge in [0.25, 0.3) is 5.91 Å². The summed E-state index contributed by atoms with van der Waals surface area (Å²) < 4.78 is 0. The largest absolute Gasteiger partial charge is 0.481 e. The molecule has 1 aliphatic heterocycles. The Hall–Kier alpha value is -1.59. The molecule has 0 aromatic carbocycles. The minimum atomic E-state index is -0.940. The van der Waals surface area contributed by atoms with E-state index in [1.54, 1.807) is 0 Å². The molecular formula is C11H16N2O4. The Labute approximate surface area is 98.8 Å². The van der Waals surface area contributed by atoms with Gasteiger partial charge >= 0.3 is 12.0 Å². The molecule has 3 N–H and O–H groups in total. The number of carboxylic acids is 1. The number of aliphatic carboxylic acids is 1. The smallest absolute Gasteiger partial charge is 0.322 e. The van der Waals surface area contributed by atoms with Gasteiger partial charge in [-0.2, -0.15) is 0 Å². The third kappa shape index (κ3) is 1.50.